The number of likely N-dealkylation sites (tertiary alicyclic amines) is 1. The molecule has 1 aromatic carbocycles. The van der Waals surface area contributed by atoms with Crippen LogP contribution in [0.25, 0.3) is 0 Å². The lowest BCUT2D eigenvalue weighted by Crippen LogP contribution is -2.38. The predicted molar refractivity (Wildman–Crippen MR) is 73.4 cm³/mol. The van der Waals surface area contributed by atoms with Crippen LogP contribution in [-0.2, 0) is 4.79 Å². The van der Waals surface area contributed by atoms with E-state index >= 15 is 0 Å². The summed E-state index contributed by atoms with van der Waals surface area (Å²) in [5.74, 6) is -0.456. The van der Waals surface area contributed by atoms with Gasteiger partial charge in [0.15, 0.2) is 0 Å². The number of hydrogen-bond donors (Lipinski definition) is 2. The molecule has 19 heavy (non-hydrogen) atoms. The number of anilines is 1. The van der Waals surface area contributed by atoms with E-state index in [9.17, 15) is 9.59 Å². The second-order valence-corrected chi connectivity index (χ2v) is 5.47. The first-order valence-electron chi connectivity index (χ1n) is 6.29. The van der Waals surface area contributed by atoms with E-state index < -0.39 is 5.41 Å². The maximum absolute atomic E-state index is 12.3. The third-order valence-electron chi connectivity index (χ3n) is 3.88. The Labute approximate surface area is 112 Å². The Bertz CT molecular complexity index is 541. The Morgan fingerprint density at radius 2 is 2.05 bits per heavy atom. The quantitative estimate of drug-likeness (QED) is 0.775. The number of nitrogen functional groups attached to an aromatic ring is 1. The SMILES string of the molecule is Cc1ccc(C(=O)N2CCC(C)(C(N)=O)C2)cc1N. The van der Waals surface area contributed by atoms with Crippen LogP contribution in [0, 0.1) is 12.3 Å². The zero-order valence-electron chi connectivity index (χ0n) is 11.3. The van der Waals surface area contributed by atoms with Gasteiger partial charge in [-0.1, -0.05) is 6.07 Å². The van der Waals surface area contributed by atoms with Crippen LogP contribution < -0.4 is 11.5 Å². The standard InChI is InChI=1S/C14H19N3O2/c1-9-3-4-10(7-11(9)15)12(18)17-6-5-14(2,8-17)13(16)19/h3-4,7H,5-6,8,15H2,1-2H3,(H2,16,19). The van der Waals surface area contributed by atoms with E-state index in [0.717, 1.165) is 5.56 Å². The summed E-state index contributed by atoms with van der Waals surface area (Å²) in [6.45, 7) is 4.61. The summed E-state index contributed by atoms with van der Waals surface area (Å²) in [6.07, 6.45) is 0.607. The number of benzene rings is 1. The first-order chi connectivity index (χ1) is 8.83. The molecule has 1 heterocycles. The number of nitrogens with two attached hydrogens (primary N) is 2. The van der Waals surface area contributed by atoms with Gasteiger partial charge in [-0.3, -0.25) is 9.59 Å². The second kappa shape index (κ2) is 4.57. The molecule has 0 saturated carbocycles. The fourth-order valence-electron chi connectivity index (χ4n) is 2.29. The van der Waals surface area contributed by atoms with Gasteiger partial charge in [0, 0.05) is 24.3 Å². The van der Waals surface area contributed by atoms with Gasteiger partial charge in [-0.2, -0.15) is 0 Å². The molecule has 1 atom stereocenters. The molecule has 1 aromatic rings. The van der Waals surface area contributed by atoms with Gasteiger partial charge in [-0.05, 0) is 38.0 Å². The molecule has 102 valence electrons. The monoisotopic (exact) mass is 261 g/mol. The molecule has 5 nitrogen and oxygen atoms in total. The maximum Gasteiger partial charge on any atom is 0.253 e. The number of primary amides is 1. The molecule has 1 unspecified atom stereocenters. The molecule has 1 saturated heterocycles. The smallest absolute Gasteiger partial charge is 0.253 e. The lowest BCUT2D eigenvalue weighted by atomic mass is 9.89. The topological polar surface area (TPSA) is 89.4 Å². The fraction of sp³-hybridized carbons (Fsp3) is 0.429. The van der Waals surface area contributed by atoms with Gasteiger partial charge in [0.05, 0.1) is 5.41 Å². The highest BCUT2D eigenvalue weighted by atomic mass is 16.2. The van der Waals surface area contributed by atoms with Crippen LogP contribution in [0.2, 0.25) is 0 Å². The Balaban J connectivity index is 2.18. The number of hydrogen-bond acceptors (Lipinski definition) is 3. The number of aryl methyl sites for hydroxylation is 1. The van der Waals surface area contributed by atoms with Crippen LogP contribution in [0.5, 0.6) is 0 Å². The molecule has 4 N–H and O–H groups in total. The van der Waals surface area contributed by atoms with Crippen LogP contribution in [0.4, 0.5) is 5.69 Å². The summed E-state index contributed by atoms with van der Waals surface area (Å²) in [5.41, 5.74) is 12.7. The summed E-state index contributed by atoms with van der Waals surface area (Å²) < 4.78 is 0. The van der Waals surface area contributed by atoms with Gasteiger partial charge < -0.3 is 16.4 Å². The average molecular weight is 261 g/mol. The van der Waals surface area contributed by atoms with Crippen LogP contribution in [0.1, 0.15) is 29.3 Å². The van der Waals surface area contributed by atoms with Crippen LogP contribution in [-0.4, -0.2) is 29.8 Å². The highest BCUT2D eigenvalue weighted by molar-refractivity contribution is 5.96. The highest BCUT2D eigenvalue weighted by Gasteiger charge is 2.40. The van der Waals surface area contributed by atoms with E-state index in [-0.39, 0.29) is 11.8 Å². The number of carbonyl (C=O) groups is 2. The van der Waals surface area contributed by atoms with Crippen molar-refractivity contribution in [2.24, 2.45) is 11.1 Å². The molecule has 5 heteroatoms. The van der Waals surface area contributed by atoms with Crippen molar-refractivity contribution < 1.29 is 9.59 Å². The zero-order valence-corrected chi connectivity index (χ0v) is 11.3. The van der Waals surface area contributed by atoms with Gasteiger partial charge in [0.2, 0.25) is 5.91 Å². The number of carbonyl (C=O) groups excluding carboxylic acids is 2. The lowest BCUT2D eigenvalue weighted by molar-refractivity contribution is -0.126. The van der Waals surface area contributed by atoms with E-state index in [2.05, 4.69) is 0 Å². The number of nitrogens with zero attached hydrogens (tertiary/aromatic N) is 1. The third-order valence-corrected chi connectivity index (χ3v) is 3.88. The largest absolute Gasteiger partial charge is 0.398 e. The van der Waals surface area contributed by atoms with Crippen molar-refractivity contribution in [2.75, 3.05) is 18.8 Å². The van der Waals surface area contributed by atoms with Crippen molar-refractivity contribution in [2.45, 2.75) is 20.3 Å². The summed E-state index contributed by atoms with van der Waals surface area (Å²) >= 11 is 0. The first-order valence-corrected chi connectivity index (χ1v) is 6.29. The first kappa shape index (κ1) is 13.4. The molecule has 0 spiro atoms. The maximum atomic E-state index is 12.3. The summed E-state index contributed by atoms with van der Waals surface area (Å²) in [5, 5.41) is 0. The molecule has 2 rings (SSSR count). The van der Waals surface area contributed by atoms with Crippen molar-refractivity contribution in [3.8, 4) is 0 Å². The van der Waals surface area contributed by atoms with Gasteiger partial charge in [-0.15, -0.1) is 0 Å². The van der Waals surface area contributed by atoms with Crippen molar-refractivity contribution >= 4 is 17.5 Å². The Hall–Kier alpha value is -2.04. The molecule has 0 aliphatic carbocycles. The third kappa shape index (κ3) is 2.41. The van der Waals surface area contributed by atoms with Crippen molar-refractivity contribution in [3.05, 3.63) is 29.3 Å². The van der Waals surface area contributed by atoms with Crippen molar-refractivity contribution in [1.29, 1.82) is 0 Å². The van der Waals surface area contributed by atoms with E-state index in [1.54, 1.807) is 24.0 Å². The van der Waals surface area contributed by atoms with Gasteiger partial charge in [0.25, 0.3) is 5.91 Å². The van der Waals surface area contributed by atoms with Gasteiger partial charge in [0.1, 0.15) is 0 Å². The molecule has 2 amide bonds. The summed E-state index contributed by atoms with van der Waals surface area (Å²) in [7, 11) is 0. The molecule has 0 bridgehead atoms. The molecule has 1 aliphatic heterocycles. The summed E-state index contributed by atoms with van der Waals surface area (Å²) in [6, 6.07) is 5.26. The molecule has 1 fully saturated rings. The Morgan fingerprint density at radius 1 is 1.37 bits per heavy atom. The van der Waals surface area contributed by atoms with Crippen molar-refractivity contribution in [3.63, 3.8) is 0 Å². The van der Waals surface area contributed by atoms with E-state index in [4.69, 9.17) is 11.5 Å². The minimum absolute atomic E-state index is 0.100. The average Bonchev–Trinajstić information content (AvgIpc) is 2.76. The number of rotatable bonds is 2. The fourth-order valence-corrected chi connectivity index (χ4v) is 2.29. The molecule has 0 aromatic heterocycles. The van der Waals surface area contributed by atoms with Gasteiger partial charge in [-0.25, -0.2) is 0 Å². The zero-order chi connectivity index (χ0) is 14.2. The highest BCUT2D eigenvalue weighted by Crippen LogP contribution is 2.30. The molecular weight excluding hydrogens is 242 g/mol. The normalized spacial score (nSPS) is 22.5. The lowest BCUT2D eigenvalue weighted by Gasteiger charge is -2.21. The van der Waals surface area contributed by atoms with Crippen LogP contribution >= 0.6 is 0 Å². The summed E-state index contributed by atoms with van der Waals surface area (Å²) in [4.78, 5) is 25.4. The van der Waals surface area contributed by atoms with Crippen molar-refractivity contribution in [1.82, 2.24) is 4.90 Å². The molecular formula is C14H19N3O2. The number of amides is 2. The predicted octanol–water partition coefficient (Wildman–Crippen LogP) is 0.915. The van der Waals surface area contributed by atoms with Crippen LogP contribution in [0.3, 0.4) is 0 Å². The molecule has 0 radical (unpaired) electrons. The molecule has 1 aliphatic rings. The Morgan fingerprint density at radius 3 is 2.58 bits per heavy atom. The van der Waals surface area contributed by atoms with E-state index in [1.807, 2.05) is 13.0 Å². The van der Waals surface area contributed by atoms with E-state index in [1.165, 1.54) is 0 Å². The second-order valence-electron chi connectivity index (χ2n) is 5.47. The minimum atomic E-state index is -0.619. The van der Waals surface area contributed by atoms with Crippen LogP contribution in [0.15, 0.2) is 18.2 Å². The Kier molecular flexibility index (Phi) is 3.22. The minimum Gasteiger partial charge on any atom is -0.398 e. The van der Waals surface area contributed by atoms with Gasteiger partial charge >= 0.3 is 0 Å². The van der Waals surface area contributed by atoms with E-state index in [0.29, 0.717) is 30.8 Å².